The van der Waals surface area contributed by atoms with Gasteiger partial charge in [0, 0.05) is 10.9 Å². The average Bonchev–Trinajstić information content (AvgIpc) is 3.17. The molecule has 2 N–H and O–H groups in total. The molecule has 1 atom stereocenters. The summed E-state index contributed by atoms with van der Waals surface area (Å²) in [6, 6.07) is 1.60. The summed E-state index contributed by atoms with van der Waals surface area (Å²) < 4.78 is 5.66. The van der Waals surface area contributed by atoms with E-state index in [0.717, 1.165) is 29.5 Å². The second-order valence-electron chi connectivity index (χ2n) is 6.75. The molecule has 2 heterocycles. The van der Waals surface area contributed by atoms with Crippen LogP contribution in [0.15, 0.2) is 15.7 Å². The van der Waals surface area contributed by atoms with E-state index < -0.39 is 11.9 Å². The first-order valence-electron chi connectivity index (χ1n) is 8.59. The number of thiophene rings is 1. The average molecular weight is 395 g/mol. The Hall–Kier alpha value is -1.87. The van der Waals surface area contributed by atoms with Crippen LogP contribution in [0.25, 0.3) is 10.8 Å². The van der Waals surface area contributed by atoms with Crippen LogP contribution in [-0.4, -0.2) is 33.9 Å². The van der Waals surface area contributed by atoms with Crippen LogP contribution in [0.1, 0.15) is 37.6 Å². The number of nitrogens with zero attached hydrogens (tertiary/aromatic N) is 2. The minimum Gasteiger partial charge on any atom is -0.410 e. The number of hydrogen-bond donors (Lipinski definition) is 2. The number of carbonyl (C=O) groups excluding carboxylic acids is 2. The smallest absolute Gasteiger partial charge is 0.321 e. The quantitative estimate of drug-likeness (QED) is 0.756. The molecule has 0 saturated heterocycles. The summed E-state index contributed by atoms with van der Waals surface area (Å²) in [5.74, 6) is 0.821. The van der Waals surface area contributed by atoms with Crippen LogP contribution in [0.4, 0.5) is 4.79 Å². The van der Waals surface area contributed by atoms with Gasteiger partial charge in [-0.25, -0.2) is 4.79 Å². The molecular weight excluding hydrogens is 372 g/mol. The van der Waals surface area contributed by atoms with E-state index >= 15 is 0 Å². The van der Waals surface area contributed by atoms with E-state index in [1.165, 1.54) is 16.9 Å². The number of imide groups is 1. The largest absolute Gasteiger partial charge is 0.410 e. The SMILES string of the molecule is CC1CCc2sc(-c3nnc(SCC(=O)NC(=O)NC(C)C)o3)cc2C1. The Labute approximate surface area is 160 Å². The fraction of sp³-hybridized carbons (Fsp3) is 0.529. The number of amides is 3. The van der Waals surface area contributed by atoms with Crippen LogP contribution in [0, 0.1) is 5.92 Å². The summed E-state index contributed by atoms with van der Waals surface area (Å²) in [6.45, 7) is 5.91. The van der Waals surface area contributed by atoms with Gasteiger partial charge in [-0.1, -0.05) is 18.7 Å². The van der Waals surface area contributed by atoms with Crippen LogP contribution in [0.5, 0.6) is 0 Å². The lowest BCUT2D eigenvalue weighted by Gasteiger charge is -2.16. The molecule has 2 aromatic heterocycles. The predicted molar refractivity (Wildman–Crippen MR) is 101 cm³/mol. The highest BCUT2D eigenvalue weighted by Gasteiger charge is 2.21. The number of thioether (sulfide) groups is 1. The zero-order valence-corrected chi connectivity index (χ0v) is 16.6. The van der Waals surface area contributed by atoms with Crippen LogP contribution in [-0.2, 0) is 17.6 Å². The molecule has 1 aliphatic rings. The summed E-state index contributed by atoms with van der Waals surface area (Å²) in [5, 5.41) is 13.2. The zero-order chi connectivity index (χ0) is 18.7. The van der Waals surface area contributed by atoms with Gasteiger partial charge in [-0.05, 0) is 50.7 Å². The van der Waals surface area contributed by atoms with Gasteiger partial charge >= 0.3 is 6.03 Å². The number of aryl methyl sites for hydroxylation is 1. The van der Waals surface area contributed by atoms with E-state index in [1.54, 1.807) is 11.3 Å². The highest BCUT2D eigenvalue weighted by Crippen LogP contribution is 2.37. The van der Waals surface area contributed by atoms with E-state index in [0.29, 0.717) is 17.0 Å². The molecule has 26 heavy (non-hydrogen) atoms. The maximum atomic E-state index is 11.8. The van der Waals surface area contributed by atoms with E-state index in [-0.39, 0.29) is 11.8 Å². The number of hydrogen-bond acceptors (Lipinski definition) is 7. The molecule has 0 fully saturated rings. The molecule has 1 aliphatic carbocycles. The van der Waals surface area contributed by atoms with Crippen molar-refractivity contribution in [3.63, 3.8) is 0 Å². The molecule has 3 amide bonds. The lowest BCUT2D eigenvalue weighted by Crippen LogP contribution is -2.43. The Morgan fingerprint density at radius 2 is 2.23 bits per heavy atom. The van der Waals surface area contributed by atoms with Crippen molar-refractivity contribution in [3.05, 3.63) is 16.5 Å². The lowest BCUT2D eigenvalue weighted by atomic mass is 9.90. The fourth-order valence-corrected chi connectivity index (χ4v) is 4.46. The van der Waals surface area contributed by atoms with Gasteiger partial charge < -0.3 is 9.73 Å². The highest BCUT2D eigenvalue weighted by atomic mass is 32.2. The van der Waals surface area contributed by atoms with Crippen LogP contribution in [0.2, 0.25) is 0 Å². The van der Waals surface area contributed by atoms with Gasteiger partial charge in [0.2, 0.25) is 5.91 Å². The van der Waals surface area contributed by atoms with Crippen molar-refractivity contribution in [1.82, 2.24) is 20.8 Å². The fourth-order valence-electron chi connectivity index (χ4n) is 2.77. The first kappa shape index (κ1) is 18.9. The third-order valence-electron chi connectivity index (χ3n) is 3.95. The van der Waals surface area contributed by atoms with E-state index in [4.69, 9.17) is 4.42 Å². The Balaban J connectivity index is 1.55. The zero-order valence-electron chi connectivity index (χ0n) is 15.0. The maximum absolute atomic E-state index is 11.8. The normalized spacial score (nSPS) is 16.4. The number of rotatable bonds is 5. The van der Waals surface area contributed by atoms with E-state index in [2.05, 4.69) is 33.8 Å². The first-order valence-corrected chi connectivity index (χ1v) is 10.4. The number of urea groups is 1. The standard InChI is InChI=1S/C17H22N4O3S2/c1-9(2)18-16(23)19-14(22)8-25-17-21-20-15(24-17)13-7-11-6-10(3)4-5-12(11)26-13/h7,9-10H,4-6,8H2,1-3H3,(H2,18,19,22,23). The molecule has 7 nitrogen and oxygen atoms in total. The monoisotopic (exact) mass is 394 g/mol. The molecule has 1 unspecified atom stereocenters. The van der Waals surface area contributed by atoms with Crippen molar-refractivity contribution >= 4 is 35.0 Å². The third kappa shape index (κ3) is 4.85. The summed E-state index contributed by atoms with van der Waals surface area (Å²) in [5.41, 5.74) is 1.38. The van der Waals surface area contributed by atoms with Gasteiger partial charge in [-0.2, -0.15) is 0 Å². The van der Waals surface area contributed by atoms with Crippen molar-refractivity contribution in [2.75, 3.05) is 5.75 Å². The van der Waals surface area contributed by atoms with Gasteiger partial charge in [0.1, 0.15) is 0 Å². The number of nitrogens with one attached hydrogen (secondary N) is 2. The number of fused-ring (bicyclic) bond motifs is 1. The Bertz CT molecular complexity index is 800. The molecule has 0 bridgehead atoms. The molecule has 9 heteroatoms. The molecular formula is C17H22N4O3S2. The third-order valence-corrected chi connectivity index (χ3v) is 5.99. The molecule has 2 aromatic rings. The molecule has 0 aliphatic heterocycles. The summed E-state index contributed by atoms with van der Waals surface area (Å²) in [4.78, 5) is 25.6. The van der Waals surface area contributed by atoms with Crippen molar-refractivity contribution in [3.8, 4) is 10.8 Å². The topological polar surface area (TPSA) is 97.1 Å². The molecule has 0 aromatic carbocycles. The molecule has 0 spiro atoms. The van der Waals surface area contributed by atoms with Gasteiger partial charge in [0.05, 0.1) is 10.6 Å². The van der Waals surface area contributed by atoms with Crippen molar-refractivity contribution in [2.45, 2.75) is 51.3 Å². The van der Waals surface area contributed by atoms with E-state index in [1.807, 2.05) is 13.8 Å². The van der Waals surface area contributed by atoms with Gasteiger partial charge in [-0.15, -0.1) is 21.5 Å². The van der Waals surface area contributed by atoms with Crippen LogP contribution < -0.4 is 10.6 Å². The lowest BCUT2D eigenvalue weighted by molar-refractivity contribution is -0.117. The minimum atomic E-state index is -0.504. The summed E-state index contributed by atoms with van der Waals surface area (Å²) in [6.07, 6.45) is 3.42. The van der Waals surface area contributed by atoms with Gasteiger partial charge in [0.15, 0.2) is 0 Å². The Morgan fingerprint density at radius 3 is 3.00 bits per heavy atom. The van der Waals surface area contributed by atoms with Crippen molar-refractivity contribution in [2.24, 2.45) is 5.92 Å². The molecule has 0 radical (unpaired) electrons. The highest BCUT2D eigenvalue weighted by molar-refractivity contribution is 7.99. The Morgan fingerprint density at radius 1 is 1.42 bits per heavy atom. The predicted octanol–water partition coefficient (Wildman–Crippen LogP) is 3.25. The van der Waals surface area contributed by atoms with Gasteiger partial charge in [0.25, 0.3) is 11.1 Å². The molecule has 0 saturated carbocycles. The second-order valence-corrected chi connectivity index (χ2v) is 8.81. The van der Waals surface area contributed by atoms with Crippen molar-refractivity contribution < 1.29 is 14.0 Å². The first-order chi connectivity index (χ1) is 12.4. The minimum absolute atomic E-state index is 0.0333. The molecule has 140 valence electrons. The number of aromatic nitrogens is 2. The second kappa shape index (κ2) is 8.22. The van der Waals surface area contributed by atoms with Crippen molar-refractivity contribution in [1.29, 1.82) is 0 Å². The summed E-state index contributed by atoms with van der Waals surface area (Å²) >= 11 is 2.82. The number of carbonyl (C=O) groups is 2. The van der Waals surface area contributed by atoms with Gasteiger partial charge in [-0.3, -0.25) is 10.1 Å². The van der Waals surface area contributed by atoms with E-state index in [9.17, 15) is 9.59 Å². The van der Waals surface area contributed by atoms with Crippen LogP contribution in [0.3, 0.4) is 0 Å². The Kier molecular flexibility index (Phi) is 5.98. The maximum Gasteiger partial charge on any atom is 0.321 e. The molecule has 3 rings (SSSR count). The van der Waals surface area contributed by atoms with Crippen LogP contribution >= 0.6 is 23.1 Å². The summed E-state index contributed by atoms with van der Waals surface area (Å²) in [7, 11) is 0.